The van der Waals surface area contributed by atoms with Gasteiger partial charge < -0.3 is 9.84 Å². The normalized spacial score (nSPS) is 23.9. The number of carboxylic acid groups (broad SMARTS) is 1. The van der Waals surface area contributed by atoms with Crippen molar-refractivity contribution in [1.82, 2.24) is 20.2 Å². The zero-order valence-corrected chi connectivity index (χ0v) is 12.0. The van der Waals surface area contributed by atoms with Crippen LogP contribution in [0, 0.1) is 0 Å². The predicted octanol–water partition coefficient (Wildman–Crippen LogP) is 1.77. The molecule has 112 valence electrons. The summed E-state index contributed by atoms with van der Waals surface area (Å²) in [6, 6.07) is -0.180. The monoisotopic (exact) mass is 282 g/mol. The number of carbonyl (C=O) groups is 1. The summed E-state index contributed by atoms with van der Waals surface area (Å²) in [5.74, 6) is 0.122. The van der Waals surface area contributed by atoms with Crippen molar-refractivity contribution in [2.75, 3.05) is 6.61 Å². The topological polar surface area (TPSA) is 90.1 Å². The van der Waals surface area contributed by atoms with Gasteiger partial charge in [-0.25, -0.2) is 4.68 Å². The molecule has 0 radical (unpaired) electrons. The Hall–Kier alpha value is -1.50. The lowest BCUT2D eigenvalue weighted by atomic mass is 9.98. The van der Waals surface area contributed by atoms with Crippen LogP contribution in [0.2, 0.25) is 0 Å². The molecule has 0 aromatic carbocycles. The highest BCUT2D eigenvalue weighted by Gasteiger charge is 2.34. The van der Waals surface area contributed by atoms with Crippen molar-refractivity contribution in [1.29, 1.82) is 0 Å². The van der Waals surface area contributed by atoms with Crippen LogP contribution in [-0.2, 0) is 9.53 Å². The van der Waals surface area contributed by atoms with Gasteiger partial charge in [0.05, 0.1) is 18.6 Å². The van der Waals surface area contributed by atoms with E-state index in [0.29, 0.717) is 6.61 Å². The van der Waals surface area contributed by atoms with Gasteiger partial charge in [0.1, 0.15) is 0 Å². The summed E-state index contributed by atoms with van der Waals surface area (Å²) >= 11 is 0. The molecule has 1 fully saturated rings. The average molecular weight is 282 g/mol. The molecular weight excluding hydrogens is 260 g/mol. The third-order valence-corrected chi connectivity index (χ3v) is 3.84. The van der Waals surface area contributed by atoms with Gasteiger partial charge in [0.25, 0.3) is 0 Å². The lowest BCUT2D eigenvalue weighted by Crippen LogP contribution is -2.23. The Morgan fingerprint density at radius 2 is 2.35 bits per heavy atom. The second kappa shape index (κ2) is 6.78. The third-order valence-electron chi connectivity index (χ3n) is 3.84. The number of rotatable bonds is 7. The number of carboxylic acids is 1. The van der Waals surface area contributed by atoms with Gasteiger partial charge in [-0.1, -0.05) is 20.3 Å². The summed E-state index contributed by atoms with van der Waals surface area (Å²) < 4.78 is 7.40. The number of aliphatic carboxylic acids is 1. The SMILES string of the molecule is CCCC(CC(=O)O)n1nnnc1C1CCOC1CC. The zero-order valence-electron chi connectivity index (χ0n) is 12.0. The fourth-order valence-corrected chi connectivity index (χ4v) is 2.90. The summed E-state index contributed by atoms with van der Waals surface area (Å²) in [7, 11) is 0. The van der Waals surface area contributed by atoms with E-state index in [2.05, 4.69) is 22.4 Å². The van der Waals surface area contributed by atoms with E-state index in [1.165, 1.54) is 0 Å². The van der Waals surface area contributed by atoms with Crippen molar-refractivity contribution in [3.63, 3.8) is 0 Å². The van der Waals surface area contributed by atoms with E-state index in [1.807, 2.05) is 6.92 Å². The highest BCUT2D eigenvalue weighted by Crippen LogP contribution is 2.33. The molecule has 0 amide bonds. The molecule has 0 spiro atoms. The van der Waals surface area contributed by atoms with Crippen molar-refractivity contribution in [3.8, 4) is 0 Å². The zero-order chi connectivity index (χ0) is 14.5. The standard InChI is InChI=1S/C13H22N4O3/c1-3-5-9(8-12(18)19)17-13(14-15-16-17)10-6-7-20-11(10)4-2/h9-11H,3-8H2,1-2H3,(H,18,19). The van der Waals surface area contributed by atoms with E-state index in [4.69, 9.17) is 9.84 Å². The molecule has 7 heteroatoms. The van der Waals surface area contributed by atoms with E-state index in [-0.39, 0.29) is 24.5 Å². The van der Waals surface area contributed by atoms with Crippen LogP contribution in [0.25, 0.3) is 0 Å². The molecule has 0 bridgehead atoms. The Balaban J connectivity index is 2.23. The Kier molecular flexibility index (Phi) is 5.05. The lowest BCUT2D eigenvalue weighted by molar-refractivity contribution is -0.138. The van der Waals surface area contributed by atoms with Crippen LogP contribution in [0.4, 0.5) is 0 Å². The second-order valence-corrected chi connectivity index (χ2v) is 5.23. The Labute approximate surface area is 118 Å². The van der Waals surface area contributed by atoms with Gasteiger partial charge >= 0.3 is 5.97 Å². The summed E-state index contributed by atoms with van der Waals surface area (Å²) in [5, 5.41) is 21.0. The summed E-state index contributed by atoms with van der Waals surface area (Å²) in [5.41, 5.74) is 0. The van der Waals surface area contributed by atoms with E-state index >= 15 is 0 Å². The predicted molar refractivity (Wildman–Crippen MR) is 71.4 cm³/mol. The first-order chi connectivity index (χ1) is 9.67. The van der Waals surface area contributed by atoms with Crippen molar-refractivity contribution < 1.29 is 14.6 Å². The number of aromatic nitrogens is 4. The van der Waals surface area contributed by atoms with E-state index in [0.717, 1.165) is 31.5 Å². The molecule has 1 aliphatic heterocycles. The molecule has 1 N–H and O–H groups in total. The highest BCUT2D eigenvalue weighted by atomic mass is 16.5. The van der Waals surface area contributed by atoms with E-state index in [9.17, 15) is 4.79 Å². The van der Waals surface area contributed by atoms with Crippen LogP contribution in [0.15, 0.2) is 0 Å². The number of hydrogen-bond acceptors (Lipinski definition) is 5. The average Bonchev–Trinajstić information content (AvgIpc) is 3.05. The van der Waals surface area contributed by atoms with Gasteiger partial charge in [-0.15, -0.1) is 5.10 Å². The molecular formula is C13H22N4O3. The fraction of sp³-hybridized carbons (Fsp3) is 0.846. The molecule has 7 nitrogen and oxygen atoms in total. The van der Waals surface area contributed by atoms with Crippen LogP contribution in [0.3, 0.4) is 0 Å². The summed E-state index contributed by atoms with van der Waals surface area (Å²) in [6.07, 6.45) is 3.65. The minimum absolute atomic E-state index is 0.0518. The van der Waals surface area contributed by atoms with Gasteiger partial charge in [0.2, 0.25) is 0 Å². The van der Waals surface area contributed by atoms with Crippen molar-refractivity contribution in [3.05, 3.63) is 5.82 Å². The number of hydrogen-bond donors (Lipinski definition) is 1. The van der Waals surface area contributed by atoms with Crippen LogP contribution in [0.5, 0.6) is 0 Å². The first-order valence-corrected chi connectivity index (χ1v) is 7.28. The molecule has 3 atom stereocenters. The number of ether oxygens (including phenoxy) is 1. The molecule has 20 heavy (non-hydrogen) atoms. The molecule has 3 unspecified atom stereocenters. The van der Waals surface area contributed by atoms with Gasteiger partial charge in [-0.2, -0.15) is 0 Å². The van der Waals surface area contributed by atoms with Crippen LogP contribution in [0.1, 0.15) is 63.7 Å². The van der Waals surface area contributed by atoms with Crippen LogP contribution < -0.4 is 0 Å². The molecule has 0 aliphatic carbocycles. The smallest absolute Gasteiger partial charge is 0.305 e. The van der Waals surface area contributed by atoms with Gasteiger partial charge in [0, 0.05) is 12.5 Å². The van der Waals surface area contributed by atoms with Crippen molar-refractivity contribution >= 4 is 5.97 Å². The van der Waals surface area contributed by atoms with Crippen molar-refractivity contribution in [2.45, 2.75) is 64.0 Å². The summed E-state index contributed by atoms with van der Waals surface area (Å²) in [4.78, 5) is 11.0. The molecule has 1 aliphatic rings. The largest absolute Gasteiger partial charge is 0.481 e. The van der Waals surface area contributed by atoms with Gasteiger partial charge in [-0.05, 0) is 29.7 Å². The second-order valence-electron chi connectivity index (χ2n) is 5.23. The third kappa shape index (κ3) is 3.15. The maximum atomic E-state index is 11.0. The first kappa shape index (κ1) is 14.9. The minimum Gasteiger partial charge on any atom is -0.481 e. The molecule has 0 saturated carbocycles. The number of tetrazole rings is 1. The lowest BCUT2D eigenvalue weighted by Gasteiger charge is -2.20. The number of nitrogens with zero attached hydrogens (tertiary/aromatic N) is 4. The van der Waals surface area contributed by atoms with Crippen molar-refractivity contribution in [2.24, 2.45) is 0 Å². The van der Waals surface area contributed by atoms with Crippen LogP contribution >= 0.6 is 0 Å². The Bertz CT molecular complexity index is 449. The Morgan fingerprint density at radius 3 is 3.00 bits per heavy atom. The summed E-state index contributed by atoms with van der Waals surface area (Å²) in [6.45, 7) is 4.83. The van der Waals surface area contributed by atoms with E-state index < -0.39 is 5.97 Å². The maximum absolute atomic E-state index is 11.0. The molecule has 2 rings (SSSR count). The maximum Gasteiger partial charge on any atom is 0.305 e. The molecule has 1 aromatic rings. The fourth-order valence-electron chi connectivity index (χ4n) is 2.90. The van der Waals surface area contributed by atoms with Gasteiger partial charge in [-0.3, -0.25) is 4.79 Å². The first-order valence-electron chi connectivity index (χ1n) is 7.28. The molecule has 1 saturated heterocycles. The quantitative estimate of drug-likeness (QED) is 0.819. The van der Waals surface area contributed by atoms with Gasteiger partial charge in [0.15, 0.2) is 5.82 Å². The van der Waals surface area contributed by atoms with Crippen LogP contribution in [-0.4, -0.2) is 44.0 Å². The molecule has 2 heterocycles. The Morgan fingerprint density at radius 1 is 1.55 bits per heavy atom. The highest BCUT2D eigenvalue weighted by molar-refractivity contribution is 5.67. The molecule has 1 aromatic heterocycles. The van der Waals surface area contributed by atoms with E-state index in [1.54, 1.807) is 4.68 Å². The minimum atomic E-state index is -0.820.